The predicted octanol–water partition coefficient (Wildman–Crippen LogP) is 0.336. The summed E-state index contributed by atoms with van der Waals surface area (Å²) < 4.78 is 14.0. The molecule has 0 unspecified atom stereocenters. The van der Waals surface area contributed by atoms with E-state index in [2.05, 4.69) is 9.47 Å². The van der Waals surface area contributed by atoms with Gasteiger partial charge in [-0.15, -0.1) is 0 Å². The van der Waals surface area contributed by atoms with Crippen molar-refractivity contribution in [1.82, 2.24) is 4.90 Å². The first kappa shape index (κ1) is 15.6. The minimum atomic E-state index is -0.672. The Bertz CT molecular complexity index is 479. The second-order valence-electron chi connectivity index (χ2n) is 3.79. The quantitative estimate of drug-likeness (QED) is 0.400. The fourth-order valence-corrected chi connectivity index (χ4v) is 1.43. The van der Waals surface area contributed by atoms with Crippen LogP contribution in [0.2, 0.25) is 0 Å². The fraction of sp³-hybridized carbons (Fsp3) is 0.455. The van der Waals surface area contributed by atoms with Gasteiger partial charge in [0.25, 0.3) is 0 Å². The topological polar surface area (TPSA) is 112 Å². The summed E-state index contributed by atoms with van der Waals surface area (Å²) in [6.45, 7) is -0.293. The molecule has 0 aliphatic carbocycles. The van der Waals surface area contributed by atoms with E-state index in [1.807, 2.05) is 0 Å². The van der Waals surface area contributed by atoms with Crippen molar-refractivity contribution in [2.24, 2.45) is 0 Å². The van der Waals surface area contributed by atoms with Crippen LogP contribution in [0.25, 0.3) is 0 Å². The van der Waals surface area contributed by atoms with Crippen LogP contribution < -0.4 is 0 Å². The Kier molecular flexibility index (Phi) is 5.66. The number of nitrogens with zero attached hydrogens (tertiary/aromatic N) is 2. The Hall–Kier alpha value is -2.42. The van der Waals surface area contributed by atoms with E-state index in [4.69, 9.17) is 4.42 Å². The smallest absolute Gasteiger partial charge is 0.433 e. The number of carbonyl (C=O) groups is 2. The third-order valence-corrected chi connectivity index (χ3v) is 2.37. The molecule has 110 valence electrons. The van der Waals surface area contributed by atoms with E-state index in [1.54, 1.807) is 0 Å². The lowest BCUT2D eigenvalue weighted by Gasteiger charge is -2.17. The molecule has 0 N–H and O–H groups in total. The minimum Gasteiger partial charge on any atom is -0.468 e. The minimum absolute atomic E-state index is 0.0397. The maximum atomic E-state index is 11.2. The molecule has 1 rings (SSSR count). The Balaban J connectivity index is 2.73. The summed E-state index contributed by atoms with van der Waals surface area (Å²) in [5.74, 6) is -1.24. The Morgan fingerprint density at radius 2 is 1.80 bits per heavy atom. The number of hydrogen-bond acceptors (Lipinski definition) is 8. The van der Waals surface area contributed by atoms with E-state index >= 15 is 0 Å². The number of methoxy groups -OCH3 is 2. The molecule has 0 atom stereocenters. The number of carbonyl (C=O) groups excluding carboxylic acids is 2. The summed E-state index contributed by atoms with van der Waals surface area (Å²) in [5, 5.41) is 10.5. The monoisotopic (exact) mass is 286 g/mol. The second kappa shape index (κ2) is 7.24. The Morgan fingerprint density at radius 3 is 2.20 bits per heavy atom. The van der Waals surface area contributed by atoms with Crippen molar-refractivity contribution >= 4 is 17.8 Å². The van der Waals surface area contributed by atoms with Gasteiger partial charge in [-0.05, 0) is 6.07 Å². The van der Waals surface area contributed by atoms with Gasteiger partial charge in [-0.1, -0.05) is 0 Å². The normalized spacial score (nSPS) is 10.3. The summed E-state index contributed by atoms with van der Waals surface area (Å²) in [7, 11) is 2.44. The molecular formula is C11H14N2O7. The van der Waals surface area contributed by atoms with Crippen molar-refractivity contribution in [3.8, 4) is 0 Å². The summed E-state index contributed by atoms with van der Waals surface area (Å²) in [5.41, 5.74) is 0. The molecule has 9 heteroatoms. The van der Waals surface area contributed by atoms with Gasteiger partial charge in [0.05, 0.1) is 39.9 Å². The van der Waals surface area contributed by atoms with Gasteiger partial charge in [-0.2, -0.15) is 0 Å². The first-order valence-corrected chi connectivity index (χ1v) is 5.55. The standard InChI is InChI=1S/C11H14N2O7/c1-18-10(14)6-12(7-11(15)19-2)5-8-3-4-9(20-8)13(16)17/h3-4H,5-7H2,1-2H3. The van der Waals surface area contributed by atoms with Gasteiger partial charge in [0, 0.05) is 0 Å². The Morgan fingerprint density at radius 1 is 1.25 bits per heavy atom. The molecule has 0 radical (unpaired) electrons. The van der Waals surface area contributed by atoms with Crippen LogP contribution >= 0.6 is 0 Å². The molecule has 0 saturated heterocycles. The molecule has 0 amide bonds. The van der Waals surface area contributed by atoms with Crippen LogP contribution in [0.3, 0.4) is 0 Å². The summed E-state index contributed by atoms with van der Waals surface area (Å²) in [6, 6.07) is 2.60. The van der Waals surface area contributed by atoms with Gasteiger partial charge >= 0.3 is 17.8 Å². The molecule has 0 saturated carbocycles. The lowest BCUT2D eigenvalue weighted by molar-refractivity contribution is -0.402. The zero-order chi connectivity index (χ0) is 15.1. The van der Waals surface area contributed by atoms with Gasteiger partial charge in [0.1, 0.15) is 10.7 Å². The lowest BCUT2D eigenvalue weighted by atomic mass is 10.3. The average molecular weight is 286 g/mol. The molecule has 0 bridgehead atoms. The summed E-state index contributed by atoms with van der Waals surface area (Å²) in [4.78, 5) is 33.7. The van der Waals surface area contributed by atoms with Crippen molar-refractivity contribution in [3.05, 3.63) is 28.0 Å². The van der Waals surface area contributed by atoms with E-state index in [1.165, 1.54) is 31.3 Å². The van der Waals surface area contributed by atoms with E-state index in [9.17, 15) is 19.7 Å². The molecule has 0 spiro atoms. The van der Waals surface area contributed by atoms with Crippen molar-refractivity contribution in [2.75, 3.05) is 27.3 Å². The highest BCUT2D eigenvalue weighted by Gasteiger charge is 2.19. The average Bonchev–Trinajstić information content (AvgIpc) is 2.86. The van der Waals surface area contributed by atoms with E-state index in [0.717, 1.165) is 0 Å². The molecule has 0 fully saturated rings. The fourth-order valence-electron chi connectivity index (χ4n) is 1.43. The van der Waals surface area contributed by atoms with Crippen LogP contribution in [0, 0.1) is 10.1 Å². The van der Waals surface area contributed by atoms with Gasteiger partial charge in [0.2, 0.25) is 0 Å². The molecule has 1 heterocycles. The van der Waals surface area contributed by atoms with Crippen molar-refractivity contribution in [3.63, 3.8) is 0 Å². The van der Waals surface area contributed by atoms with Crippen LogP contribution in [0.1, 0.15) is 5.76 Å². The number of hydrogen-bond donors (Lipinski definition) is 0. The first-order valence-electron chi connectivity index (χ1n) is 5.55. The molecule has 20 heavy (non-hydrogen) atoms. The maximum Gasteiger partial charge on any atom is 0.433 e. The molecule has 0 aromatic carbocycles. The molecule has 0 aliphatic rings. The maximum absolute atomic E-state index is 11.2. The zero-order valence-corrected chi connectivity index (χ0v) is 11.0. The Labute approximate surface area is 114 Å². The van der Waals surface area contributed by atoms with Crippen LogP contribution in [0.15, 0.2) is 16.5 Å². The molecular weight excluding hydrogens is 272 g/mol. The van der Waals surface area contributed by atoms with E-state index in [-0.39, 0.29) is 25.4 Å². The van der Waals surface area contributed by atoms with Crippen LogP contribution in [0.5, 0.6) is 0 Å². The van der Waals surface area contributed by atoms with E-state index in [0.29, 0.717) is 0 Å². The van der Waals surface area contributed by atoms with Crippen molar-refractivity contribution in [1.29, 1.82) is 0 Å². The number of esters is 2. The predicted molar refractivity (Wildman–Crippen MR) is 64.7 cm³/mol. The number of ether oxygens (including phenoxy) is 2. The van der Waals surface area contributed by atoms with Crippen LogP contribution in [-0.4, -0.2) is 49.1 Å². The van der Waals surface area contributed by atoms with Crippen LogP contribution in [0.4, 0.5) is 5.88 Å². The SMILES string of the molecule is COC(=O)CN(CC(=O)OC)Cc1ccc([N+](=O)[O-])o1. The molecule has 0 aliphatic heterocycles. The number of furan rings is 1. The highest BCUT2D eigenvalue weighted by atomic mass is 16.6. The van der Waals surface area contributed by atoms with Gasteiger partial charge < -0.3 is 13.9 Å². The second-order valence-corrected chi connectivity index (χ2v) is 3.79. The van der Waals surface area contributed by atoms with Gasteiger partial charge in [0.15, 0.2) is 0 Å². The highest BCUT2D eigenvalue weighted by Crippen LogP contribution is 2.17. The molecule has 9 nitrogen and oxygen atoms in total. The molecule has 1 aromatic rings. The third-order valence-electron chi connectivity index (χ3n) is 2.37. The highest BCUT2D eigenvalue weighted by molar-refractivity contribution is 5.74. The van der Waals surface area contributed by atoms with Crippen LogP contribution in [-0.2, 0) is 25.6 Å². The third kappa shape index (κ3) is 4.69. The zero-order valence-electron chi connectivity index (χ0n) is 11.0. The number of nitro groups is 1. The largest absolute Gasteiger partial charge is 0.468 e. The van der Waals surface area contributed by atoms with E-state index < -0.39 is 22.7 Å². The van der Waals surface area contributed by atoms with Crippen molar-refractivity contribution < 1.29 is 28.4 Å². The van der Waals surface area contributed by atoms with Gasteiger partial charge in [-0.3, -0.25) is 24.6 Å². The molecule has 1 aromatic heterocycles. The first-order chi connectivity index (χ1) is 9.46. The summed E-state index contributed by atoms with van der Waals surface area (Å²) in [6.07, 6.45) is 0. The van der Waals surface area contributed by atoms with Gasteiger partial charge in [-0.25, -0.2) is 0 Å². The number of rotatable bonds is 7. The summed E-state index contributed by atoms with van der Waals surface area (Å²) >= 11 is 0. The van der Waals surface area contributed by atoms with Crippen molar-refractivity contribution in [2.45, 2.75) is 6.54 Å². The lowest BCUT2D eigenvalue weighted by Crippen LogP contribution is -2.35.